The van der Waals surface area contributed by atoms with Crippen molar-refractivity contribution in [3.8, 4) is 0 Å². The van der Waals surface area contributed by atoms with Crippen LogP contribution in [0.25, 0.3) is 0 Å². The van der Waals surface area contributed by atoms with E-state index in [0.717, 1.165) is 17.8 Å². The molecule has 0 bridgehead atoms. The van der Waals surface area contributed by atoms with Gasteiger partial charge in [0.2, 0.25) is 11.0 Å². The number of amides is 2. The van der Waals surface area contributed by atoms with E-state index in [9.17, 15) is 9.59 Å². The van der Waals surface area contributed by atoms with E-state index in [2.05, 4.69) is 15.5 Å². The van der Waals surface area contributed by atoms with Gasteiger partial charge in [0.25, 0.3) is 0 Å². The number of aryl methyl sites for hydroxylation is 1. The Balaban J connectivity index is 2.05. The number of likely N-dealkylation sites (tertiary alicyclic amines) is 1. The molecule has 1 aromatic rings. The minimum atomic E-state index is -0.577. The summed E-state index contributed by atoms with van der Waals surface area (Å²) in [6.45, 7) is 7.79. The van der Waals surface area contributed by atoms with E-state index in [1.165, 1.54) is 16.2 Å². The van der Waals surface area contributed by atoms with Crippen molar-refractivity contribution in [2.75, 3.05) is 11.9 Å². The number of carbonyl (C=O) groups excluding carboxylic acids is 2. The lowest BCUT2D eigenvalue weighted by molar-refractivity contribution is -0.122. The first kappa shape index (κ1) is 16.7. The van der Waals surface area contributed by atoms with Gasteiger partial charge in [-0.2, -0.15) is 0 Å². The molecule has 0 aromatic carbocycles. The number of hydrogen-bond acceptors (Lipinski definition) is 6. The second-order valence-corrected chi connectivity index (χ2v) is 7.48. The molecule has 22 heavy (non-hydrogen) atoms. The van der Waals surface area contributed by atoms with Crippen LogP contribution in [-0.2, 0) is 9.53 Å². The molecule has 1 saturated heterocycles. The molecule has 2 amide bonds. The molecule has 1 aromatic heterocycles. The fraction of sp³-hybridized carbons (Fsp3) is 0.714. The number of anilines is 1. The standard InChI is InChI=1S/C14H22N4O3S/c1-9-16-17-12(22-9)15-11(19)10-7-5-6-8-18(10)13(20)21-14(2,3)4/h10H,5-8H2,1-4H3,(H,15,17,19)/t10-/m0/s1. The molecule has 0 spiro atoms. The maximum Gasteiger partial charge on any atom is 0.410 e. The molecule has 1 aliphatic heterocycles. The Bertz CT molecular complexity index is 553. The van der Waals surface area contributed by atoms with Crippen molar-refractivity contribution in [3.63, 3.8) is 0 Å². The van der Waals surface area contributed by atoms with E-state index in [4.69, 9.17) is 4.74 Å². The van der Waals surface area contributed by atoms with Crippen LogP contribution in [0.2, 0.25) is 0 Å². The summed E-state index contributed by atoms with van der Waals surface area (Å²) >= 11 is 1.31. The first-order valence-electron chi connectivity index (χ1n) is 7.37. The van der Waals surface area contributed by atoms with Gasteiger partial charge in [0, 0.05) is 6.54 Å². The number of aromatic nitrogens is 2. The van der Waals surface area contributed by atoms with Crippen LogP contribution in [0.1, 0.15) is 45.0 Å². The lowest BCUT2D eigenvalue weighted by atomic mass is 10.0. The average molecular weight is 326 g/mol. The van der Waals surface area contributed by atoms with Gasteiger partial charge in [-0.15, -0.1) is 10.2 Å². The molecule has 1 atom stereocenters. The second kappa shape index (κ2) is 6.60. The second-order valence-electron chi connectivity index (χ2n) is 6.30. The highest BCUT2D eigenvalue weighted by Gasteiger charge is 2.35. The highest BCUT2D eigenvalue weighted by Crippen LogP contribution is 2.22. The molecular formula is C14H22N4O3S. The Morgan fingerprint density at radius 1 is 1.32 bits per heavy atom. The number of piperidine rings is 1. The molecule has 0 radical (unpaired) electrons. The summed E-state index contributed by atoms with van der Waals surface area (Å²) in [5.74, 6) is -0.235. The number of ether oxygens (including phenoxy) is 1. The Morgan fingerprint density at radius 2 is 2.05 bits per heavy atom. The van der Waals surface area contributed by atoms with Crippen molar-refractivity contribution in [2.45, 2.75) is 58.6 Å². The Morgan fingerprint density at radius 3 is 2.64 bits per heavy atom. The van der Waals surface area contributed by atoms with Gasteiger partial charge in [-0.3, -0.25) is 15.0 Å². The van der Waals surface area contributed by atoms with Crippen LogP contribution >= 0.6 is 11.3 Å². The van der Waals surface area contributed by atoms with Crippen molar-refractivity contribution in [3.05, 3.63) is 5.01 Å². The molecule has 1 N–H and O–H groups in total. The minimum absolute atomic E-state index is 0.235. The molecule has 122 valence electrons. The molecule has 1 fully saturated rings. The molecule has 2 rings (SSSR count). The highest BCUT2D eigenvalue weighted by atomic mass is 32.1. The maximum absolute atomic E-state index is 12.4. The average Bonchev–Trinajstić information content (AvgIpc) is 2.82. The fourth-order valence-electron chi connectivity index (χ4n) is 2.28. The first-order chi connectivity index (χ1) is 10.3. The maximum atomic E-state index is 12.4. The molecule has 0 saturated carbocycles. The van der Waals surface area contributed by atoms with E-state index in [-0.39, 0.29) is 5.91 Å². The topological polar surface area (TPSA) is 84.4 Å². The van der Waals surface area contributed by atoms with E-state index >= 15 is 0 Å². The van der Waals surface area contributed by atoms with Crippen molar-refractivity contribution >= 4 is 28.5 Å². The van der Waals surface area contributed by atoms with Crippen LogP contribution in [0.5, 0.6) is 0 Å². The summed E-state index contributed by atoms with van der Waals surface area (Å²) in [4.78, 5) is 26.2. The smallest absolute Gasteiger partial charge is 0.410 e. The van der Waals surface area contributed by atoms with Crippen molar-refractivity contribution < 1.29 is 14.3 Å². The zero-order chi connectivity index (χ0) is 16.3. The summed E-state index contributed by atoms with van der Waals surface area (Å²) in [7, 11) is 0. The van der Waals surface area contributed by atoms with Gasteiger partial charge in [-0.25, -0.2) is 4.79 Å². The van der Waals surface area contributed by atoms with Crippen LogP contribution in [0, 0.1) is 6.92 Å². The van der Waals surface area contributed by atoms with Crippen LogP contribution in [0.3, 0.4) is 0 Å². The highest BCUT2D eigenvalue weighted by molar-refractivity contribution is 7.15. The summed E-state index contributed by atoms with van der Waals surface area (Å²) in [6, 6.07) is -0.521. The predicted octanol–water partition coefficient (Wildman–Crippen LogP) is 2.57. The lowest BCUT2D eigenvalue weighted by Crippen LogP contribution is -2.51. The molecule has 2 heterocycles. The number of nitrogens with one attached hydrogen (secondary N) is 1. The molecule has 0 unspecified atom stereocenters. The van der Waals surface area contributed by atoms with Crippen LogP contribution in [0.15, 0.2) is 0 Å². The van der Waals surface area contributed by atoms with Gasteiger partial charge in [-0.05, 0) is 47.0 Å². The van der Waals surface area contributed by atoms with Crippen molar-refractivity contribution in [1.82, 2.24) is 15.1 Å². The van der Waals surface area contributed by atoms with Gasteiger partial charge in [-0.1, -0.05) is 11.3 Å². The van der Waals surface area contributed by atoms with Gasteiger partial charge < -0.3 is 4.74 Å². The Kier molecular flexibility index (Phi) is 5.00. The quantitative estimate of drug-likeness (QED) is 0.903. The van der Waals surface area contributed by atoms with Gasteiger partial charge >= 0.3 is 6.09 Å². The molecular weight excluding hydrogens is 304 g/mol. The van der Waals surface area contributed by atoms with Crippen LogP contribution in [0.4, 0.5) is 9.93 Å². The number of hydrogen-bond donors (Lipinski definition) is 1. The third-order valence-corrected chi connectivity index (χ3v) is 3.94. The SMILES string of the molecule is Cc1nnc(NC(=O)[C@@H]2CCCCN2C(=O)OC(C)(C)C)s1. The van der Waals surface area contributed by atoms with Gasteiger partial charge in [0.1, 0.15) is 16.7 Å². The molecule has 0 aliphatic carbocycles. The van der Waals surface area contributed by atoms with E-state index in [0.29, 0.717) is 18.1 Å². The Labute approximate surface area is 134 Å². The summed E-state index contributed by atoms with van der Waals surface area (Å²) in [5, 5.41) is 11.7. The van der Waals surface area contributed by atoms with E-state index in [1.807, 2.05) is 27.7 Å². The number of carbonyl (C=O) groups is 2. The normalized spacial score (nSPS) is 18.9. The van der Waals surface area contributed by atoms with Gasteiger partial charge in [0.05, 0.1) is 0 Å². The number of nitrogens with zero attached hydrogens (tertiary/aromatic N) is 3. The fourth-order valence-corrected chi connectivity index (χ4v) is 2.87. The van der Waals surface area contributed by atoms with Crippen molar-refractivity contribution in [1.29, 1.82) is 0 Å². The monoisotopic (exact) mass is 326 g/mol. The third kappa shape index (κ3) is 4.40. The molecule has 7 nitrogen and oxygen atoms in total. The minimum Gasteiger partial charge on any atom is -0.444 e. The van der Waals surface area contributed by atoms with Crippen molar-refractivity contribution in [2.24, 2.45) is 0 Å². The van der Waals surface area contributed by atoms with E-state index in [1.54, 1.807) is 0 Å². The van der Waals surface area contributed by atoms with Crippen LogP contribution in [-0.4, -0.2) is 45.3 Å². The zero-order valence-corrected chi connectivity index (χ0v) is 14.2. The summed E-state index contributed by atoms with van der Waals surface area (Å²) < 4.78 is 5.39. The summed E-state index contributed by atoms with van der Waals surface area (Å²) in [6.07, 6.45) is 1.97. The third-order valence-electron chi connectivity index (χ3n) is 3.19. The largest absolute Gasteiger partial charge is 0.444 e. The van der Waals surface area contributed by atoms with Crippen LogP contribution < -0.4 is 5.32 Å². The van der Waals surface area contributed by atoms with Gasteiger partial charge in [0.15, 0.2) is 0 Å². The zero-order valence-electron chi connectivity index (χ0n) is 13.4. The first-order valence-corrected chi connectivity index (χ1v) is 8.18. The molecule has 8 heteroatoms. The van der Waals surface area contributed by atoms with E-state index < -0.39 is 17.7 Å². The summed E-state index contributed by atoms with van der Waals surface area (Å²) in [5.41, 5.74) is -0.577. The molecule has 1 aliphatic rings. The predicted molar refractivity (Wildman–Crippen MR) is 83.9 cm³/mol. The Hall–Kier alpha value is -1.70. The number of rotatable bonds is 2. The lowest BCUT2D eigenvalue weighted by Gasteiger charge is -2.35.